The number of fused-ring (bicyclic) bond motifs is 6. The molecule has 0 aliphatic heterocycles. The third kappa shape index (κ3) is 4.32. The molecule has 0 saturated heterocycles. The lowest BCUT2D eigenvalue weighted by Crippen LogP contribution is -2.11. The first-order chi connectivity index (χ1) is 23.2. The smallest absolute Gasteiger partial charge is 0.123 e. The van der Waals surface area contributed by atoms with E-state index in [-0.39, 0.29) is 11.6 Å². The number of benzene rings is 7. The first-order valence-corrected chi connectivity index (χ1v) is 15.6. The summed E-state index contributed by atoms with van der Waals surface area (Å²) in [7, 11) is 0. The summed E-state index contributed by atoms with van der Waals surface area (Å²) in [5.74, 6) is -0.554. The predicted molar refractivity (Wildman–Crippen MR) is 190 cm³/mol. The Kier molecular flexibility index (Phi) is 6.18. The van der Waals surface area contributed by atoms with E-state index in [1.54, 1.807) is 12.1 Å². The average molecular weight is 612 g/mol. The van der Waals surface area contributed by atoms with E-state index < -0.39 is 0 Å². The lowest BCUT2D eigenvalue weighted by molar-refractivity contribution is 0.629. The monoisotopic (exact) mass is 611 g/mol. The number of aromatic nitrogens is 2. The van der Waals surface area contributed by atoms with E-state index >= 15 is 0 Å². The van der Waals surface area contributed by atoms with Crippen LogP contribution in [0, 0.1) is 11.6 Å². The lowest BCUT2D eigenvalue weighted by atomic mass is 10.1. The zero-order chi connectivity index (χ0) is 31.5. The summed E-state index contributed by atoms with van der Waals surface area (Å²) in [5.41, 5.74) is 8.62. The summed E-state index contributed by atoms with van der Waals surface area (Å²) >= 11 is 0. The van der Waals surface area contributed by atoms with Gasteiger partial charge in [-0.1, -0.05) is 66.7 Å². The quantitative estimate of drug-likeness (QED) is 0.189. The van der Waals surface area contributed by atoms with Crippen molar-refractivity contribution >= 4 is 60.7 Å². The van der Waals surface area contributed by atoms with Crippen molar-refractivity contribution in [1.82, 2.24) is 9.13 Å². The third-order valence-corrected chi connectivity index (χ3v) is 8.98. The van der Waals surface area contributed by atoms with Crippen LogP contribution >= 0.6 is 0 Å². The van der Waals surface area contributed by atoms with E-state index in [0.29, 0.717) is 0 Å². The molecule has 7 aromatic carbocycles. The number of para-hydroxylation sites is 4. The summed E-state index contributed by atoms with van der Waals surface area (Å²) < 4.78 is 34.0. The molecule has 0 amide bonds. The van der Waals surface area contributed by atoms with Gasteiger partial charge in [0.25, 0.3) is 0 Å². The fourth-order valence-electron chi connectivity index (χ4n) is 7.03. The molecule has 0 radical (unpaired) electrons. The number of hydrogen-bond donors (Lipinski definition) is 0. The average Bonchev–Trinajstić information content (AvgIpc) is 3.62. The van der Waals surface area contributed by atoms with Gasteiger partial charge in [-0.2, -0.15) is 0 Å². The SMILES string of the molecule is Fc1ccc2c(c1)c1cc(N(c3ccccc3)c3cccc4c5cc(F)ccc5n(-c5ccccc5)c34)ccc1n2-c1ccccc1. The first kappa shape index (κ1) is 27.1. The zero-order valence-corrected chi connectivity index (χ0v) is 25.2. The molecule has 0 aliphatic carbocycles. The van der Waals surface area contributed by atoms with Crippen LogP contribution in [0.15, 0.2) is 164 Å². The number of anilines is 3. The van der Waals surface area contributed by atoms with Gasteiger partial charge in [-0.3, -0.25) is 0 Å². The third-order valence-electron chi connectivity index (χ3n) is 8.98. The molecule has 224 valence electrons. The largest absolute Gasteiger partial charge is 0.309 e. The Balaban J connectivity index is 1.37. The van der Waals surface area contributed by atoms with E-state index in [0.717, 1.165) is 72.0 Å². The highest BCUT2D eigenvalue weighted by atomic mass is 19.1. The molecule has 0 saturated carbocycles. The molecule has 0 unspecified atom stereocenters. The van der Waals surface area contributed by atoms with Gasteiger partial charge >= 0.3 is 0 Å². The molecule has 0 bridgehead atoms. The van der Waals surface area contributed by atoms with Crippen LogP contribution in [0.1, 0.15) is 0 Å². The minimum absolute atomic E-state index is 0.276. The Bertz CT molecular complexity index is 2590. The number of hydrogen-bond acceptors (Lipinski definition) is 1. The van der Waals surface area contributed by atoms with Crippen LogP contribution in [0.2, 0.25) is 0 Å². The summed E-state index contributed by atoms with van der Waals surface area (Å²) in [5, 5.41) is 3.58. The van der Waals surface area contributed by atoms with Crippen LogP contribution in [-0.2, 0) is 0 Å². The first-order valence-electron chi connectivity index (χ1n) is 15.6. The maximum atomic E-state index is 14.8. The van der Waals surface area contributed by atoms with Crippen molar-refractivity contribution in [1.29, 1.82) is 0 Å². The van der Waals surface area contributed by atoms with Crippen LogP contribution in [0.25, 0.3) is 55.0 Å². The van der Waals surface area contributed by atoms with Crippen LogP contribution in [0.4, 0.5) is 25.8 Å². The maximum Gasteiger partial charge on any atom is 0.123 e. The van der Waals surface area contributed by atoms with Crippen molar-refractivity contribution in [2.45, 2.75) is 0 Å². The van der Waals surface area contributed by atoms with Gasteiger partial charge in [0.1, 0.15) is 11.6 Å². The van der Waals surface area contributed by atoms with Crippen LogP contribution < -0.4 is 4.90 Å². The number of rotatable bonds is 5. The Morgan fingerprint density at radius 3 is 1.53 bits per heavy atom. The van der Waals surface area contributed by atoms with Crippen molar-refractivity contribution in [3.63, 3.8) is 0 Å². The highest BCUT2D eigenvalue weighted by Gasteiger charge is 2.23. The molecule has 0 N–H and O–H groups in total. The fourth-order valence-corrected chi connectivity index (χ4v) is 7.03. The van der Waals surface area contributed by atoms with Gasteiger partial charge in [-0.15, -0.1) is 0 Å². The second-order valence-corrected chi connectivity index (χ2v) is 11.7. The molecule has 0 atom stereocenters. The summed E-state index contributed by atoms with van der Waals surface area (Å²) in [6, 6.07) is 53.2. The van der Waals surface area contributed by atoms with Crippen molar-refractivity contribution in [2.24, 2.45) is 0 Å². The maximum absolute atomic E-state index is 14.8. The Hall–Kier alpha value is -6.20. The summed E-state index contributed by atoms with van der Waals surface area (Å²) in [4.78, 5) is 2.24. The summed E-state index contributed by atoms with van der Waals surface area (Å²) in [6.45, 7) is 0. The van der Waals surface area contributed by atoms with E-state index in [1.807, 2.05) is 72.8 Å². The number of halogens is 2. The molecular weight excluding hydrogens is 584 g/mol. The van der Waals surface area contributed by atoms with Crippen molar-refractivity contribution in [3.8, 4) is 11.4 Å². The van der Waals surface area contributed by atoms with Crippen LogP contribution in [-0.4, -0.2) is 9.13 Å². The molecule has 9 rings (SSSR count). The van der Waals surface area contributed by atoms with E-state index in [2.05, 4.69) is 80.8 Å². The van der Waals surface area contributed by atoms with Gasteiger partial charge in [0.05, 0.1) is 27.8 Å². The van der Waals surface area contributed by atoms with Gasteiger partial charge in [-0.25, -0.2) is 8.78 Å². The highest BCUT2D eigenvalue weighted by Crippen LogP contribution is 2.45. The fraction of sp³-hybridized carbons (Fsp3) is 0. The molecule has 0 spiro atoms. The molecule has 2 heterocycles. The molecular formula is C42H27F2N3. The van der Waals surface area contributed by atoms with Crippen LogP contribution in [0.3, 0.4) is 0 Å². The molecule has 5 heteroatoms. The van der Waals surface area contributed by atoms with Gasteiger partial charge in [0.2, 0.25) is 0 Å². The van der Waals surface area contributed by atoms with Crippen molar-refractivity contribution in [2.75, 3.05) is 4.90 Å². The zero-order valence-electron chi connectivity index (χ0n) is 25.2. The predicted octanol–water partition coefficient (Wildman–Crippen LogP) is 11.6. The van der Waals surface area contributed by atoms with Crippen molar-refractivity contribution in [3.05, 3.63) is 175 Å². The number of nitrogens with zero attached hydrogens (tertiary/aromatic N) is 3. The van der Waals surface area contributed by atoms with Crippen LogP contribution in [0.5, 0.6) is 0 Å². The van der Waals surface area contributed by atoms with E-state index in [1.165, 1.54) is 12.1 Å². The second-order valence-electron chi connectivity index (χ2n) is 11.7. The topological polar surface area (TPSA) is 13.1 Å². The molecule has 3 nitrogen and oxygen atoms in total. The Labute approximate surface area is 269 Å². The molecule has 2 aromatic heterocycles. The van der Waals surface area contributed by atoms with Gasteiger partial charge < -0.3 is 14.0 Å². The molecule has 0 aliphatic rings. The van der Waals surface area contributed by atoms with Crippen molar-refractivity contribution < 1.29 is 8.78 Å². The van der Waals surface area contributed by atoms with Gasteiger partial charge in [-0.05, 0) is 97.1 Å². The highest BCUT2D eigenvalue weighted by molar-refractivity contribution is 6.15. The molecule has 0 fully saturated rings. The van der Waals surface area contributed by atoms with Gasteiger partial charge in [0.15, 0.2) is 0 Å². The minimum atomic E-state index is -0.278. The normalized spacial score (nSPS) is 11.6. The molecule has 47 heavy (non-hydrogen) atoms. The minimum Gasteiger partial charge on any atom is -0.309 e. The standard InChI is InChI=1S/C42H27F2N3/c43-28-20-23-40-35(25-28)34-17-10-18-41(42(34)47(40)32-15-8-3-9-16-32)45(30-11-4-1-5-12-30)33-21-24-39-37(27-33)36-26-29(44)19-22-38(36)46(39)31-13-6-2-7-14-31/h1-27H. The Morgan fingerprint density at radius 1 is 0.383 bits per heavy atom. The lowest BCUT2D eigenvalue weighted by Gasteiger charge is -2.27. The van der Waals surface area contributed by atoms with E-state index in [9.17, 15) is 8.78 Å². The van der Waals surface area contributed by atoms with Gasteiger partial charge in [0, 0.05) is 44.3 Å². The summed E-state index contributed by atoms with van der Waals surface area (Å²) in [6.07, 6.45) is 0. The Morgan fingerprint density at radius 2 is 0.894 bits per heavy atom. The van der Waals surface area contributed by atoms with E-state index in [4.69, 9.17) is 0 Å². The second kappa shape index (κ2) is 10.7. The molecule has 9 aromatic rings.